The lowest BCUT2D eigenvalue weighted by atomic mass is 10.1. The van der Waals surface area contributed by atoms with Crippen LogP contribution in [0.5, 0.6) is 0 Å². The number of fused-ring (bicyclic) bond motifs is 1. The number of nitrogens with one attached hydrogen (secondary N) is 1. The minimum atomic E-state index is -0.0923. The van der Waals surface area contributed by atoms with Crippen LogP contribution in [0, 0.1) is 0 Å². The van der Waals surface area contributed by atoms with E-state index < -0.39 is 0 Å². The molecule has 4 heteroatoms. The van der Waals surface area contributed by atoms with E-state index in [2.05, 4.69) is 5.32 Å². The fraction of sp³-hybridized carbons (Fsp3) is 0.357. The lowest BCUT2D eigenvalue weighted by molar-refractivity contribution is 0.0957. The zero-order valence-electron chi connectivity index (χ0n) is 10.7. The summed E-state index contributed by atoms with van der Waals surface area (Å²) in [6, 6.07) is 7.03. The highest BCUT2D eigenvalue weighted by Crippen LogP contribution is 2.23. The average Bonchev–Trinajstić information content (AvgIpc) is 2.67. The third-order valence-corrected chi connectivity index (χ3v) is 2.77. The number of halogens is 1. The van der Waals surface area contributed by atoms with Gasteiger partial charge in [0.1, 0.15) is 5.58 Å². The maximum Gasteiger partial charge on any atom is 0.211 e. The Bertz CT molecular complexity index is 581. The van der Waals surface area contributed by atoms with Crippen molar-refractivity contribution < 1.29 is 9.21 Å². The number of carbonyl (C=O) groups excluding carboxylic acids is 1. The number of Topliss-reactive ketones (excluding diaryl/α,β-unsaturated/α-hetero) is 1. The Morgan fingerprint density at radius 1 is 1.33 bits per heavy atom. The zero-order chi connectivity index (χ0) is 13.3. The average molecular weight is 266 g/mol. The van der Waals surface area contributed by atoms with Gasteiger partial charge in [-0.2, -0.15) is 0 Å². The molecular weight excluding hydrogens is 250 g/mol. The summed E-state index contributed by atoms with van der Waals surface area (Å²) >= 11 is 5.89. The van der Waals surface area contributed by atoms with Gasteiger partial charge in [0.2, 0.25) is 5.78 Å². The molecular formula is C14H16ClNO2. The molecule has 1 aromatic heterocycles. The van der Waals surface area contributed by atoms with Crippen molar-refractivity contribution in [2.24, 2.45) is 0 Å². The van der Waals surface area contributed by atoms with Gasteiger partial charge in [-0.3, -0.25) is 4.79 Å². The first-order valence-corrected chi connectivity index (χ1v) is 6.20. The number of carbonyl (C=O) groups is 1. The maximum atomic E-state index is 12.0. The van der Waals surface area contributed by atoms with Crippen LogP contribution in [0.4, 0.5) is 0 Å². The molecule has 0 aliphatic carbocycles. The van der Waals surface area contributed by atoms with E-state index in [-0.39, 0.29) is 17.9 Å². The summed E-state index contributed by atoms with van der Waals surface area (Å²) in [5.74, 6) is 0.307. The van der Waals surface area contributed by atoms with Gasteiger partial charge in [-0.1, -0.05) is 11.6 Å². The normalized spacial score (nSPS) is 12.0. The zero-order valence-corrected chi connectivity index (χ0v) is 11.5. The predicted octanol–water partition coefficient (Wildman–Crippen LogP) is 3.66. The minimum absolute atomic E-state index is 0.0581. The largest absolute Gasteiger partial charge is 0.453 e. The Hall–Kier alpha value is -1.32. The van der Waals surface area contributed by atoms with Crippen LogP contribution < -0.4 is 5.32 Å². The number of hydrogen-bond donors (Lipinski definition) is 1. The molecule has 96 valence electrons. The summed E-state index contributed by atoms with van der Waals surface area (Å²) in [5, 5.41) is 4.62. The third kappa shape index (κ3) is 3.12. The van der Waals surface area contributed by atoms with Gasteiger partial charge in [0, 0.05) is 15.9 Å². The van der Waals surface area contributed by atoms with E-state index in [9.17, 15) is 4.79 Å². The monoisotopic (exact) mass is 265 g/mol. The molecule has 0 aliphatic rings. The molecule has 0 fully saturated rings. The van der Waals surface area contributed by atoms with Gasteiger partial charge in [-0.15, -0.1) is 0 Å². The molecule has 1 N–H and O–H groups in total. The number of furan rings is 1. The Morgan fingerprint density at radius 3 is 2.72 bits per heavy atom. The summed E-state index contributed by atoms with van der Waals surface area (Å²) in [7, 11) is 0. The molecule has 0 saturated carbocycles. The van der Waals surface area contributed by atoms with Crippen LogP contribution in [0.2, 0.25) is 5.02 Å². The van der Waals surface area contributed by atoms with E-state index in [1.165, 1.54) is 0 Å². The molecule has 2 rings (SSSR count). The lowest BCUT2D eigenvalue weighted by Gasteiger charge is -2.19. The number of benzene rings is 1. The fourth-order valence-electron chi connectivity index (χ4n) is 1.58. The van der Waals surface area contributed by atoms with Crippen LogP contribution in [0.15, 0.2) is 28.7 Å². The SMILES string of the molecule is CC(C)(C)NCC(=O)c1cc2cc(Cl)ccc2o1. The van der Waals surface area contributed by atoms with Gasteiger partial charge in [-0.25, -0.2) is 0 Å². The summed E-state index contributed by atoms with van der Waals surface area (Å²) in [4.78, 5) is 12.0. The standard InChI is InChI=1S/C14H16ClNO2/c1-14(2,3)16-8-11(17)13-7-9-6-10(15)4-5-12(9)18-13/h4-7,16H,8H2,1-3H3. The van der Waals surface area contributed by atoms with Crippen LogP contribution in [0.3, 0.4) is 0 Å². The van der Waals surface area contributed by atoms with E-state index >= 15 is 0 Å². The van der Waals surface area contributed by atoms with Crippen molar-refractivity contribution >= 4 is 28.4 Å². The van der Waals surface area contributed by atoms with Gasteiger partial charge in [-0.05, 0) is 45.0 Å². The van der Waals surface area contributed by atoms with Crippen molar-refractivity contribution in [2.45, 2.75) is 26.3 Å². The third-order valence-electron chi connectivity index (χ3n) is 2.53. The van der Waals surface area contributed by atoms with E-state index in [1.807, 2.05) is 20.8 Å². The van der Waals surface area contributed by atoms with E-state index in [0.717, 1.165) is 5.39 Å². The van der Waals surface area contributed by atoms with Crippen LogP contribution in [0.25, 0.3) is 11.0 Å². The van der Waals surface area contributed by atoms with Crippen molar-refractivity contribution in [1.82, 2.24) is 5.32 Å². The highest BCUT2D eigenvalue weighted by Gasteiger charge is 2.16. The Balaban J connectivity index is 2.18. The van der Waals surface area contributed by atoms with Crippen molar-refractivity contribution in [2.75, 3.05) is 6.54 Å². The molecule has 0 atom stereocenters. The van der Waals surface area contributed by atoms with Gasteiger partial charge in [0.05, 0.1) is 6.54 Å². The van der Waals surface area contributed by atoms with Crippen LogP contribution in [0.1, 0.15) is 31.3 Å². The summed E-state index contributed by atoms with van der Waals surface area (Å²) in [6.07, 6.45) is 0. The molecule has 1 aromatic carbocycles. The second kappa shape index (κ2) is 4.75. The van der Waals surface area contributed by atoms with Crippen molar-refractivity contribution in [3.8, 4) is 0 Å². The number of ketones is 1. The smallest absolute Gasteiger partial charge is 0.211 e. The molecule has 0 spiro atoms. The second-order valence-corrected chi connectivity index (χ2v) is 5.76. The molecule has 0 unspecified atom stereocenters. The Morgan fingerprint density at radius 2 is 2.06 bits per heavy atom. The Labute approximate surface area is 111 Å². The highest BCUT2D eigenvalue weighted by atomic mass is 35.5. The summed E-state index contributed by atoms with van der Waals surface area (Å²) in [6.45, 7) is 6.30. The minimum Gasteiger partial charge on any atom is -0.453 e. The first kappa shape index (κ1) is 13.1. The van der Waals surface area contributed by atoms with Crippen molar-refractivity contribution in [1.29, 1.82) is 0 Å². The number of rotatable bonds is 3. The maximum absolute atomic E-state index is 12.0. The molecule has 1 heterocycles. The Kier molecular flexibility index (Phi) is 3.46. The van der Waals surface area contributed by atoms with E-state index in [4.69, 9.17) is 16.0 Å². The molecule has 0 amide bonds. The fourth-order valence-corrected chi connectivity index (χ4v) is 1.76. The van der Waals surface area contributed by atoms with Crippen LogP contribution in [-0.4, -0.2) is 17.9 Å². The highest BCUT2D eigenvalue weighted by molar-refractivity contribution is 6.31. The van der Waals surface area contributed by atoms with Crippen LogP contribution in [-0.2, 0) is 0 Å². The molecule has 0 saturated heterocycles. The topological polar surface area (TPSA) is 42.2 Å². The molecule has 2 aromatic rings. The summed E-state index contributed by atoms with van der Waals surface area (Å²) in [5.41, 5.74) is 0.587. The van der Waals surface area contributed by atoms with Gasteiger partial charge in [0.15, 0.2) is 5.76 Å². The molecule has 0 radical (unpaired) electrons. The first-order valence-electron chi connectivity index (χ1n) is 5.82. The molecule has 3 nitrogen and oxygen atoms in total. The van der Waals surface area contributed by atoms with Crippen LogP contribution >= 0.6 is 11.6 Å². The predicted molar refractivity (Wildman–Crippen MR) is 73.3 cm³/mol. The van der Waals surface area contributed by atoms with Gasteiger partial charge >= 0.3 is 0 Å². The van der Waals surface area contributed by atoms with Crippen molar-refractivity contribution in [3.05, 3.63) is 35.0 Å². The quantitative estimate of drug-likeness (QED) is 0.862. The molecule has 0 bridgehead atoms. The lowest BCUT2D eigenvalue weighted by Crippen LogP contribution is -2.39. The second-order valence-electron chi connectivity index (χ2n) is 5.32. The number of hydrogen-bond acceptors (Lipinski definition) is 3. The van der Waals surface area contributed by atoms with E-state index in [0.29, 0.717) is 16.4 Å². The molecule has 18 heavy (non-hydrogen) atoms. The first-order chi connectivity index (χ1) is 8.35. The summed E-state index contributed by atoms with van der Waals surface area (Å²) < 4.78 is 5.50. The van der Waals surface area contributed by atoms with Gasteiger partial charge in [0.25, 0.3) is 0 Å². The molecule has 0 aliphatic heterocycles. The van der Waals surface area contributed by atoms with Crippen molar-refractivity contribution in [3.63, 3.8) is 0 Å². The van der Waals surface area contributed by atoms with E-state index in [1.54, 1.807) is 24.3 Å². The van der Waals surface area contributed by atoms with Gasteiger partial charge < -0.3 is 9.73 Å².